The van der Waals surface area contributed by atoms with E-state index in [1.807, 2.05) is 34.6 Å². The lowest BCUT2D eigenvalue weighted by molar-refractivity contribution is -0.122. The van der Waals surface area contributed by atoms with Crippen LogP contribution in [0.5, 0.6) is 0 Å². The third-order valence-electron chi connectivity index (χ3n) is 1.93. The van der Waals surface area contributed by atoms with Crippen LogP contribution in [0.4, 0.5) is 0 Å². The maximum absolute atomic E-state index is 11.1. The predicted octanol–water partition coefficient (Wildman–Crippen LogP) is 0.670. The Kier molecular flexibility index (Phi) is 7.34. The number of nitrogens with two attached hydrogens (primary N) is 1. The van der Waals surface area contributed by atoms with Crippen LogP contribution in [-0.4, -0.2) is 43.4 Å². The molecule has 0 aromatic carbocycles. The number of amides is 1. The summed E-state index contributed by atoms with van der Waals surface area (Å²) in [5.41, 5.74) is 5.09. The van der Waals surface area contributed by atoms with E-state index in [1.54, 1.807) is 0 Å². The number of carbonyl (C=O) groups is 1. The molecule has 0 spiro atoms. The highest BCUT2D eigenvalue weighted by molar-refractivity contribution is 5.80. The van der Waals surface area contributed by atoms with Crippen LogP contribution in [0, 0.1) is 0 Å². The van der Waals surface area contributed by atoms with Gasteiger partial charge >= 0.3 is 0 Å². The number of rotatable bonds is 8. The van der Waals surface area contributed by atoms with Gasteiger partial charge in [-0.25, -0.2) is 0 Å². The minimum absolute atomic E-state index is 0.164. The Balaban J connectivity index is 3.72. The van der Waals surface area contributed by atoms with Gasteiger partial charge in [-0.15, -0.1) is 0 Å². The molecule has 5 heteroatoms. The van der Waals surface area contributed by atoms with Crippen molar-refractivity contribution in [3.8, 4) is 0 Å². The third-order valence-corrected chi connectivity index (χ3v) is 1.93. The van der Waals surface area contributed by atoms with Crippen LogP contribution in [0.25, 0.3) is 0 Å². The van der Waals surface area contributed by atoms with Crippen LogP contribution in [0.2, 0.25) is 0 Å². The lowest BCUT2D eigenvalue weighted by Gasteiger charge is -2.21. The van der Waals surface area contributed by atoms with E-state index in [9.17, 15) is 4.79 Å². The van der Waals surface area contributed by atoms with E-state index in [-0.39, 0.29) is 18.2 Å². The first-order chi connectivity index (χ1) is 7.72. The fraction of sp³-hybridized carbons (Fsp3) is 0.917. The Hall–Kier alpha value is -0.650. The molecule has 0 aliphatic heterocycles. The Morgan fingerprint density at radius 1 is 1.29 bits per heavy atom. The monoisotopic (exact) mass is 246 g/mol. The number of carbonyl (C=O) groups excluding carboxylic acids is 1. The summed E-state index contributed by atoms with van der Waals surface area (Å²) in [6, 6.07) is -0.244. The lowest BCUT2D eigenvalue weighted by Crippen LogP contribution is -2.47. The van der Waals surface area contributed by atoms with E-state index < -0.39 is 11.9 Å². The van der Waals surface area contributed by atoms with Crippen LogP contribution in [0.3, 0.4) is 0 Å². The molecule has 0 bridgehead atoms. The molecule has 5 nitrogen and oxygen atoms in total. The van der Waals surface area contributed by atoms with Crippen molar-refractivity contribution in [2.45, 2.75) is 52.3 Å². The molecule has 0 aliphatic carbocycles. The van der Waals surface area contributed by atoms with Crippen molar-refractivity contribution in [3.63, 3.8) is 0 Å². The Morgan fingerprint density at radius 3 is 2.29 bits per heavy atom. The van der Waals surface area contributed by atoms with E-state index in [1.165, 1.54) is 0 Å². The first-order valence-corrected chi connectivity index (χ1v) is 5.99. The molecule has 1 unspecified atom stereocenters. The number of ether oxygens (including phenoxy) is 2. The summed E-state index contributed by atoms with van der Waals surface area (Å²) < 4.78 is 10.9. The van der Waals surface area contributed by atoms with Gasteiger partial charge in [0.25, 0.3) is 0 Å². The fourth-order valence-corrected chi connectivity index (χ4v) is 1.22. The van der Waals surface area contributed by atoms with Gasteiger partial charge in [-0.05, 0) is 20.8 Å². The highest BCUT2D eigenvalue weighted by Crippen LogP contribution is 2.05. The van der Waals surface area contributed by atoms with Gasteiger partial charge in [0.2, 0.25) is 5.91 Å². The molecule has 102 valence electrons. The highest BCUT2D eigenvalue weighted by atomic mass is 16.5. The summed E-state index contributed by atoms with van der Waals surface area (Å²) in [6.45, 7) is 11.1. The molecule has 1 amide bonds. The van der Waals surface area contributed by atoms with E-state index in [0.29, 0.717) is 13.2 Å². The number of hydrogen-bond donors (Lipinski definition) is 2. The lowest BCUT2D eigenvalue weighted by atomic mass is 10.2. The Morgan fingerprint density at radius 2 is 1.88 bits per heavy atom. The SMILES string of the molecule is CC(C)NC(COCCOC(C)(C)C)C(N)=O. The molecule has 0 saturated carbocycles. The molecule has 3 N–H and O–H groups in total. The second kappa shape index (κ2) is 7.63. The molecule has 0 aromatic rings. The maximum atomic E-state index is 11.1. The van der Waals surface area contributed by atoms with Crippen molar-refractivity contribution in [1.82, 2.24) is 5.32 Å². The van der Waals surface area contributed by atoms with Gasteiger partial charge in [-0.1, -0.05) is 13.8 Å². The minimum atomic E-state index is -0.440. The molecule has 0 saturated heterocycles. The first-order valence-electron chi connectivity index (χ1n) is 5.99. The number of nitrogens with one attached hydrogen (secondary N) is 1. The van der Waals surface area contributed by atoms with Gasteiger partial charge in [0.05, 0.1) is 25.4 Å². The smallest absolute Gasteiger partial charge is 0.236 e. The van der Waals surface area contributed by atoms with E-state index in [2.05, 4.69) is 5.32 Å². The third kappa shape index (κ3) is 10.2. The Labute approximate surface area is 104 Å². The quantitative estimate of drug-likeness (QED) is 0.617. The van der Waals surface area contributed by atoms with Crippen molar-refractivity contribution in [2.24, 2.45) is 5.73 Å². The van der Waals surface area contributed by atoms with Gasteiger partial charge in [0, 0.05) is 6.04 Å². The van der Waals surface area contributed by atoms with Crippen LogP contribution >= 0.6 is 0 Å². The molecule has 0 aliphatic rings. The fourth-order valence-electron chi connectivity index (χ4n) is 1.22. The zero-order valence-corrected chi connectivity index (χ0v) is 11.6. The summed E-state index contributed by atoms with van der Waals surface area (Å²) in [5.74, 6) is -0.393. The summed E-state index contributed by atoms with van der Waals surface area (Å²) in [7, 11) is 0. The number of hydrogen-bond acceptors (Lipinski definition) is 4. The van der Waals surface area contributed by atoms with Crippen molar-refractivity contribution in [2.75, 3.05) is 19.8 Å². The maximum Gasteiger partial charge on any atom is 0.236 e. The van der Waals surface area contributed by atoms with E-state index >= 15 is 0 Å². The molecule has 0 radical (unpaired) electrons. The zero-order chi connectivity index (χ0) is 13.5. The number of primary amides is 1. The van der Waals surface area contributed by atoms with Gasteiger partial charge in [-0.3, -0.25) is 4.79 Å². The summed E-state index contributed by atoms with van der Waals surface area (Å²) in [6.07, 6.45) is 0. The van der Waals surface area contributed by atoms with Gasteiger partial charge in [-0.2, -0.15) is 0 Å². The summed E-state index contributed by atoms with van der Waals surface area (Å²) in [5, 5.41) is 3.05. The molecule has 0 fully saturated rings. The molecule has 0 rings (SSSR count). The topological polar surface area (TPSA) is 73.6 Å². The second-order valence-corrected chi connectivity index (χ2v) is 5.31. The van der Waals surface area contributed by atoms with Crippen LogP contribution < -0.4 is 11.1 Å². The van der Waals surface area contributed by atoms with Crippen molar-refractivity contribution < 1.29 is 14.3 Å². The normalized spacial score (nSPS) is 14.0. The van der Waals surface area contributed by atoms with E-state index in [4.69, 9.17) is 15.2 Å². The van der Waals surface area contributed by atoms with Crippen LogP contribution in [-0.2, 0) is 14.3 Å². The van der Waals surface area contributed by atoms with Gasteiger partial charge in [0.15, 0.2) is 0 Å². The highest BCUT2D eigenvalue weighted by Gasteiger charge is 2.16. The molecule has 0 aromatic heterocycles. The average Bonchev–Trinajstić information content (AvgIpc) is 2.12. The molecule has 0 heterocycles. The largest absolute Gasteiger partial charge is 0.377 e. The molecular formula is C12H26N2O3. The average molecular weight is 246 g/mol. The van der Waals surface area contributed by atoms with Crippen molar-refractivity contribution in [3.05, 3.63) is 0 Å². The first kappa shape index (κ1) is 16.4. The summed E-state index contributed by atoms with van der Waals surface area (Å²) in [4.78, 5) is 11.1. The van der Waals surface area contributed by atoms with Crippen molar-refractivity contribution >= 4 is 5.91 Å². The van der Waals surface area contributed by atoms with Crippen LogP contribution in [0.1, 0.15) is 34.6 Å². The van der Waals surface area contributed by atoms with Gasteiger partial charge < -0.3 is 20.5 Å². The zero-order valence-electron chi connectivity index (χ0n) is 11.6. The van der Waals surface area contributed by atoms with E-state index in [0.717, 1.165) is 0 Å². The molecule has 1 atom stereocenters. The minimum Gasteiger partial charge on any atom is -0.377 e. The molecule has 17 heavy (non-hydrogen) atoms. The van der Waals surface area contributed by atoms with Crippen molar-refractivity contribution in [1.29, 1.82) is 0 Å². The molecular weight excluding hydrogens is 220 g/mol. The van der Waals surface area contributed by atoms with Gasteiger partial charge in [0.1, 0.15) is 6.04 Å². The second-order valence-electron chi connectivity index (χ2n) is 5.31. The summed E-state index contributed by atoms with van der Waals surface area (Å²) >= 11 is 0. The van der Waals surface area contributed by atoms with Crippen LogP contribution in [0.15, 0.2) is 0 Å². The predicted molar refractivity (Wildman–Crippen MR) is 67.8 cm³/mol. The standard InChI is InChI=1S/C12H26N2O3/c1-9(2)14-10(11(13)15)8-16-6-7-17-12(3,4)5/h9-10,14H,6-8H2,1-5H3,(H2,13,15). The Bertz CT molecular complexity index is 224.